The smallest absolute Gasteiger partial charge is 0.194 e. The lowest BCUT2D eigenvalue weighted by molar-refractivity contribution is 0.172. The minimum Gasteiger partial charge on any atom is -0.353 e. The molecular formula is C20H30IN7. The summed E-state index contributed by atoms with van der Waals surface area (Å²) in [6.45, 7) is 11.9. The van der Waals surface area contributed by atoms with Crippen LogP contribution in [0.1, 0.15) is 17.2 Å². The highest BCUT2D eigenvalue weighted by molar-refractivity contribution is 14.0. The Morgan fingerprint density at radius 2 is 1.89 bits per heavy atom. The molecule has 1 aromatic carbocycles. The van der Waals surface area contributed by atoms with Gasteiger partial charge in [-0.2, -0.15) is 0 Å². The van der Waals surface area contributed by atoms with Crippen molar-refractivity contribution in [2.45, 2.75) is 20.0 Å². The Hall–Kier alpha value is -1.94. The van der Waals surface area contributed by atoms with E-state index in [0.717, 1.165) is 50.3 Å². The van der Waals surface area contributed by atoms with Crippen LogP contribution in [0.3, 0.4) is 0 Å². The molecule has 152 valence electrons. The zero-order chi connectivity index (χ0) is 19.1. The number of nitrogens with one attached hydrogen (secondary N) is 1. The normalized spacial score (nSPS) is 15.2. The molecule has 0 saturated carbocycles. The summed E-state index contributed by atoms with van der Waals surface area (Å²) in [6, 6.07) is 10.6. The number of guanidine groups is 1. The minimum absolute atomic E-state index is 0. The lowest BCUT2D eigenvalue weighted by atomic mass is 10.2. The first kappa shape index (κ1) is 22.4. The maximum atomic E-state index is 4.78. The number of aryl methyl sites for hydroxylation is 1. The highest BCUT2D eigenvalue weighted by atomic mass is 127. The number of aromatic nitrogens is 3. The molecule has 7 nitrogen and oxygen atoms in total. The molecule has 1 saturated heterocycles. The molecule has 0 unspecified atom stereocenters. The van der Waals surface area contributed by atoms with Gasteiger partial charge in [0.2, 0.25) is 0 Å². The van der Waals surface area contributed by atoms with Crippen molar-refractivity contribution >= 4 is 29.9 Å². The molecular weight excluding hydrogens is 465 g/mol. The Kier molecular flexibility index (Phi) is 8.91. The minimum atomic E-state index is 0. The average Bonchev–Trinajstić information content (AvgIpc) is 3.02. The van der Waals surface area contributed by atoms with E-state index in [0.29, 0.717) is 13.1 Å². The molecule has 8 heteroatoms. The molecule has 3 rings (SSSR count). The Labute approximate surface area is 184 Å². The highest BCUT2D eigenvalue weighted by Gasteiger charge is 2.20. The van der Waals surface area contributed by atoms with E-state index < -0.39 is 0 Å². The van der Waals surface area contributed by atoms with Gasteiger partial charge in [-0.15, -0.1) is 40.8 Å². The number of hydrogen-bond acceptors (Lipinski definition) is 4. The van der Waals surface area contributed by atoms with E-state index in [1.54, 1.807) is 0 Å². The lowest BCUT2D eigenvalue weighted by Crippen LogP contribution is -2.52. The van der Waals surface area contributed by atoms with Gasteiger partial charge in [-0.3, -0.25) is 4.90 Å². The predicted octanol–water partition coefficient (Wildman–Crippen LogP) is 2.19. The topological polar surface area (TPSA) is 61.6 Å². The molecule has 0 spiro atoms. The Morgan fingerprint density at radius 3 is 2.50 bits per heavy atom. The van der Waals surface area contributed by atoms with Crippen LogP contribution in [0, 0.1) is 6.92 Å². The Balaban J connectivity index is 0.00000280. The van der Waals surface area contributed by atoms with Crippen LogP contribution < -0.4 is 5.32 Å². The first-order chi connectivity index (χ1) is 13.2. The fraction of sp³-hybridized carbons (Fsp3) is 0.450. The van der Waals surface area contributed by atoms with Crippen LogP contribution in [0.25, 0.3) is 0 Å². The van der Waals surface area contributed by atoms with Crippen molar-refractivity contribution in [3.63, 3.8) is 0 Å². The van der Waals surface area contributed by atoms with Crippen LogP contribution in [-0.2, 0) is 20.1 Å². The number of aliphatic imine (C=N–C) groups is 1. The first-order valence-corrected chi connectivity index (χ1v) is 9.42. The van der Waals surface area contributed by atoms with Gasteiger partial charge >= 0.3 is 0 Å². The third kappa shape index (κ3) is 6.03. The number of benzene rings is 1. The molecule has 2 aromatic rings. The number of halogens is 1. The first-order valence-electron chi connectivity index (χ1n) is 9.42. The molecule has 1 N–H and O–H groups in total. The van der Waals surface area contributed by atoms with Crippen LogP contribution in [0.15, 0.2) is 48.0 Å². The maximum Gasteiger partial charge on any atom is 0.194 e. The van der Waals surface area contributed by atoms with Gasteiger partial charge in [0.15, 0.2) is 11.8 Å². The molecule has 1 aliphatic heterocycles. The molecule has 0 radical (unpaired) electrons. The van der Waals surface area contributed by atoms with E-state index in [4.69, 9.17) is 4.99 Å². The van der Waals surface area contributed by atoms with Gasteiger partial charge in [0.05, 0.1) is 0 Å². The summed E-state index contributed by atoms with van der Waals surface area (Å²) in [5.74, 6) is 2.68. The molecule has 1 aliphatic rings. The number of rotatable bonds is 6. The van der Waals surface area contributed by atoms with Crippen LogP contribution in [0.4, 0.5) is 0 Å². The van der Waals surface area contributed by atoms with Crippen LogP contribution in [0.5, 0.6) is 0 Å². The van der Waals surface area contributed by atoms with E-state index in [1.165, 1.54) is 5.56 Å². The van der Waals surface area contributed by atoms with Crippen molar-refractivity contribution in [2.75, 3.05) is 32.7 Å². The highest BCUT2D eigenvalue weighted by Crippen LogP contribution is 2.09. The molecule has 0 aliphatic carbocycles. The van der Waals surface area contributed by atoms with Crippen molar-refractivity contribution in [3.8, 4) is 0 Å². The van der Waals surface area contributed by atoms with Crippen molar-refractivity contribution in [1.82, 2.24) is 29.9 Å². The van der Waals surface area contributed by atoms with Gasteiger partial charge in [0, 0.05) is 46.3 Å². The van der Waals surface area contributed by atoms with Crippen LogP contribution in [-0.4, -0.2) is 63.2 Å². The maximum absolute atomic E-state index is 4.78. The monoisotopic (exact) mass is 495 g/mol. The second-order valence-corrected chi connectivity index (χ2v) is 6.78. The molecule has 28 heavy (non-hydrogen) atoms. The summed E-state index contributed by atoms with van der Waals surface area (Å²) < 4.78 is 1.98. The Morgan fingerprint density at radius 1 is 1.18 bits per heavy atom. The summed E-state index contributed by atoms with van der Waals surface area (Å²) in [5.41, 5.74) is 1.36. The summed E-state index contributed by atoms with van der Waals surface area (Å²) in [6.07, 6.45) is 1.85. The second kappa shape index (κ2) is 11.2. The predicted molar refractivity (Wildman–Crippen MR) is 124 cm³/mol. The zero-order valence-corrected chi connectivity index (χ0v) is 19.0. The number of hydrogen-bond donors (Lipinski definition) is 1. The third-order valence-electron chi connectivity index (χ3n) is 4.88. The Bertz CT molecular complexity index is 764. The van der Waals surface area contributed by atoms with Crippen molar-refractivity contribution in [1.29, 1.82) is 0 Å². The standard InChI is InChI=1S/C20H29N7.HI/c1-4-10-21-20(22-15-19-24-23-17(2)25(19)3)27-13-11-26(12-14-27)16-18-8-6-5-7-9-18;/h4-9H,1,10-16H2,2-3H3,(H,21,22);1H. The fourth-order valence-electron chi connectivity index (χ4n) is 3.12. The molecule has 1 aromatic heterocycles. The second-order valence-electron chi connectivity index (χ2n) is 6.78. The van der Waals surface area contributed by atoms with Gasteiger partial charge in [-0.05, 0) is 12.5 Å². The molecule has 0 amide bonds. The summed E-state index contributed by atoms with van der Waals surface area (Å²) in [7, 11) is 1.97. The van der Waals surface area contributed by atoms with Crippen molar-refractivity contribution < 1.29 is 0 Å². The van der Waals surface area contributed by atoms with E-state index in [1.807, 2.05) is 24.6 Å². The fourth-order valence-corrected chi connectivity index (χ4v) is 3.12. The number of piperazine rings is 1. The van der Waals surface area contributed by atoms with Gasteiger partial charge in [-0.1, -0.05) is 36.4 Å². The van der Waals surface area contributed by atoms with Gasteiger partial charge in [-0.25, -0.2) is 4.99 Å². The van der Waals surface area contributed by atoms with Gasteiger partial charge < -0.3 is 14.8 Å². The average molecular weight is 495 g/mol. The van der Waals surface area contributed by atoms with Crippen LogP contribution in [0.2, 0.25) is 0 Å². The van der Waals surface area contributed by atoms with Crippen molar-refractivity contribution in [3.05, 3.63) is 60.2 Å². The zero-order valence-electron chi connectivity index (χ0n) is 16.7. The largest absolute Gasteiger partial charge is 0.353 e. The van der Waals surface area contributed by atoms with E-state index in [2.05, 4.69) is 62.2 Å². The van der Waals surface area contributed by atoms with E-state index in [9.17, 15) is 0 Å². The third-order valence-corrected chi connectivity index (χ3v) is 4.88. The SMILES string of the molecule is C=CCNC(=NCc1nnc(C)n1C)N1CCN(Cc2ccccc2)CC1.I. The summed E-state index contributed by atoms with van der Waals surface area (Å²) >= 11 is 0. The van der Waals surface area contributed by atoms with Gasteiger partial charge in [0.1, 0.15) is 12.4 Å². The molecule has 2 heterocycles. The van der Waals surface area contributed by atoms with Crippen molar-refractivity contribution in [2.24, 2.45) is 12.0 Å². The number of nitrogens with zero attached hydrogens (tertiary/aromatic N) is 6. The van der Waals surface area contributed by atoms with Crippen LogP contribution >= 0.6 is 24.0 Å². The molecule has 1 fully saturated rings. The lowest BCUT2D eigenvalue weighted by Gasteiger charge is -2.36. The van der Waals surface area contributed by atoms with E-state index >= 15 is 0 Å². The quantitative estimate of drug-likeness (QED) is 0.288. The molecule has 0 atom stereocenters. The van der Waals surface area contributed by atoms with Gasteiger partial charge in [0.25, 0.3) is 0 Å². The summed E-state index contributed by atoms with van der Waals surface area (Å²) in [5, 5.41) is 11.7. The summed E-state index contributed by atoms with van der Waals surface area (Å²) in [4.78, 5) is 9.58. The van der Waals surface area contributed by atoms with E-state index in [-0.39, 0.29) is 24.0 Å². The molecule has 0 bridgehead atoms.